The molecule has 10 heteroatoms. The van der Waals surface area contributed by atoms with Gasteiger partial charge in [0.25, 0.3) is 5.88 Å². The minimum absolute atomic E-state index is 0.314. The van der Waals surface area contributed by atoms with E-state index < -0.39 is 0 Å². The zero-order valence-electron chi connectivity index (χ0n) is 18.2. The number of aromatic nitrogens is 2. The molecule has 0 saturated heterocycles. The van der Waals surface area contributed by atoms with Crippen LogP contribution in [0, 0.1) is 0 Å². The average Bonchev–Trinajstić information content (AvgIpc) is 2.99. The number of aliphatic imine (C=N–C) groups is 1. The van der Waals surface area contributed by atoms with Gasteiger partial charge < -0.3 is 29.0 Å². The van der Waals surface area contributed by atoms with Crippen molar-refractivity contribution in [1.29, 1.82) is 0 Å². The van der Waals surface area contributed by atoms with Crippen molar-refractivity contribution in [3.8, 4) is 23.1 Å². The van der Waals surface area contributed by atoms with Crippen LogP contribution in [-0.4, -0.2) is 56.8 Å². The van der Waals surface area contributed by atoms with E-state index in [4.69, 9.17) is 23.7 Å². The molecule has 4 rings (SSSR count). The maximum Gasteiger partial charge on any atom is 0.250 e. The number of nitrogens with one attached hydrogen (secondary N) is 1. The number of rotatable bonds is 10. The molecule has 0 atom stereocenters. The van der Waals surface area contributed by atoms with Gasteiger partial charge in [0, 0.05) is 42.7 Å². The summed E-state index contributed by atoms with van der Waals surface area (Å²) in [5.41, 5.74) is 1.98. The summed E-state index contributed by atoms with van der Waals surface area (Å²) in [6.45, 7) is 1.65. The van der Waals surface area contributed by atoms with E-state index in [0.717, 1.165) is 10.2 Å². The summed E-state index contributed by atoms with van der Waals surface area (Å²) in [6.07, 6.45) is 3.10. The van der Waals surface area contributed by atoms with Crippen molar-refractivity contribution < 1.29 is 23.7 Å². The summed E-state index contributed by atoms with van der Waals surface area (Å²) >= 11 is 3.48. The molecule has 2 heterocycles. The first-order chi connectivity index (χ1) is 16.2. The Morgan fingerprint density at radius 3 is 2.58 bits per heavy atom. The zero-order valence-corrected chi connectivity index (χ0v) is 19.8. The molecule has 0 saturated carbocycles. The number of halogens is 1. The lowest BCUT2D eigenvalue weighted by atomic mass is 10.2. The standard InChI is InChI=1S/C23H23BrN4O5/c1-29-6-8-31-17-11-19(32-9-7-30-2)18-13-25-21-22(28-16-5-3-4-15(24)10-16)26-14-27-23(21)33-20(18)12-17/h3-5,10-14H,6-9H2,1-2H3,(H,26,27,28). The largest absolute Gasteiger partial charge is 0.491 e. The van der Waals surface area contributed by atoms with Gasteiger partial charge in [-0.3, -0.25) is 0 Å². The third-order valence-corrected chi connectivity index (χ3v) is 5.08. The van der Waals surface area contributed by atoms with Crippen molar-refractivity contribution in [3.63, 3.8) is 0 Å². The minimum Gasteiger partial charge on any atom is -0.491 e. The topological polar surface area (TPSA) is 96.3 Å². The van der Waals surface area contributed by atoms with Crippen LogP contribution in [0.2, 0.25) is 0 Å². The van der Waals surface area contributed by atoms with Gasteiger partial charge in [-0.1, -0.05) is 22.0 Å². The summed E-state index contributed by atoms with van der Waals surface area (Å²) < 4.78 is 29.0. The number of ether oxygens (including phenoxy) is 5. The van der Waals surface area contributed by atoms with Crippen LogP contribution < -0.4 is 19.5 Å². The third kappa shape index (κ3) is 5.78. The first-order valence-electron chi connectivity index (χ1n) is 10.2. The molecule has 0 amide bonds. The van der Waals surface area contributed by atoms with Gasteiger partial charge in [0.2, 0.25) is 0 Å². The number of methoxy groups -OCH3 is 2. The number of hydrogen-bond acceptors (Lipinski definition) is 9. The van der Waals surface area contributed by atoms with Gasteiger partial charge in [-0.05, 0) is 18.2 Å². The highest BCUT2D eigenvalue weighted by molar-refractivity contribution is 9.10. The molecule has 172 valence electrons. The molecule has 33 heavy (non-hydrogen) atoms. The number of nitrogens with zero attached hydrogens (tertiary/aromatic N) is 3. The molecule has 1 aliphatic heterocycles. The average molecular weight is 515 g/mol. The maximum absolute atomic E-state index is 6.15. The van der Waals surface area contributed by atoms with Crippen LogP contribution in [-0.2, 0) is 9.47 Å². The van der Waals surface area contributed by atoms with E-state index in [1.54, 1.807) is 32.6 Å². The second-order valence-corrected chi connectivity index (χ2v) is 7.80. The molecule has 0 fully saturated rings. The Kier molecular flexibility index (Phi) is 7.71. The van der Waals surface area contributed by atoms with Gasteiger partial charge in [-0.25, -0.2) is 9.98 Å². The Bertz CT molecular complexity index is 1140. The van der Waals surface area contributed by atoms with E-state index in [1.165, 1.54) is 6.33 Å². The van der Waals surface area contributed by atoms with Gasteiger partial charge >= 0.3 is 0 Å². The quantitative estimate of drug-likeness (QED) is 0.299. The minimum atomic E-state index is 0.314. The van der Waals surface area contributed by atoms with Crippen molar-refractivity contribution in [2.75, 3.05) is 46.0 Å². The van der Waals surface area contributed by atoms with Gasteiger partial charge in [0.15, 0.2) is 11.5 Å². The van der Waals surface area contributed by atoms with Gasteiger partial charge in [0.1, 0.15) is 36.8 Å². The Labute approximate surface area is 199 Å². The number of benzene rings is 2. The molecule has 3 aromatic rings. The lowest BCUT2D eigenvalue weighted by Crippen LogP contribution is -2.08. The van der Waals surface area contributed by atoms with Crippen molar-refractivity contribution in [3.05, 3.63) is 52.8 Å². The lowest BCUT2D eigenvalue weighted by molar-refractivity contribution is 0.142. The molecular formula is C23H23BrN4O5. The fourth-order valence-corrected chi connectivity index (χ4v) is 3.45. The molecule has 1 aromatic heterocycles. The van der Waals surface area contributed by atoms with E-state index in [2.05, 4.69) is 36.2 Å². The second kappa shape index (κ2) is 11.1. The fourth-order valence-electron chi connectivity index (χ4n) is 3.05. The van der Waals surface area contributed by atoms with Crippen LogP contribution in [0.5, 0.6) is 23.1 Å². The van der Waals surface area contributed by atoms with Crippen LogP contribution in [0.3, 0.4) is 0 Å². The van der Waals surface area contributed by atoms with Crippen molar-refractivity contribution in [2.24, 2.45) is 4.99 Å². The first-order valence-corrected chi connectivity index (χ1v) is 11.0. The zero-order chi connectivity index (χ0) is 23.0. The fraction of sp³-hybridized carbons (Fsp3) is 0.261. The summed E-state index contributed by atoms with van der Waals surface area (Å²) in [7, 11) is 3.24. The Hall–Kier alpha value is -3.21. The van der Waals surface area contributed by atoms with E-state index in [-0.39, 0.29) is 0 Å². The SMILES string of the molecule is COCCOc1cc(OCCOC)c2c(c1)Oc1ncnc(Nc3cccc(Br)c3)c1N=C2. The summed E-state index contributed by atoms with van der Waals surface area (Å²) in [4.78, 5) is 13.3. The number of anilines is 2. The molecule has 9 nitrogen and oxygen atoms in total. The molecule has 0 unspecified atom stereocenters. The molecule has 2 aromatic carbocycles. The smallest absolute Gasteiger partial charge is 0.250 e. The molecular weight excluding hydrogens is 492 g/mol. The molecule has 0 aliphatic carbocycles. The molecule has 0 bridgehead atoms. The third-order valence-electron chi connectivity index (χ3n) is 4.58. The molecule has 0 radical (unpaired) electrons. The van der Waals surface area contributed by atoms with Crippen LogP contribution in [0.1, 0.15) is 5.56 Å². The molecule has 1 aliphatic rings. The maximum atomic E-state index is 6.15. The predicted octanol–water partition coefficient (Wildman–Crippen LogP) is 4.89. The summed E-state index contributed by atoms with van der Waals surface area (Å²) in [6, 6.07) is 11.3. The van der Waals surface area contributed by atoms with E-state index in [1.807, 2.05) is 24.3 Å². The summed E-state index contributed by atoms with van der Waals surface area (Å²) in [5, 5.41) is 3.27. The monoisotopic (exact) mass is 514 g/mol. The highest BCUT2D eigenvalue weighted by Crippen LogP contribution is 2.43. The van der Waals surface area contributed by atoms with E-state index in [0.29, 0.717) is 66.6 Å². The van der Waals surface area contributed by atoms with E-state index in [9.17, 15) is 0 Å². The Morgan fingerprint density at radius 1 is 0.970 bits per heavy atom. The normalized spacial score (nSPS) is 11.7. The van der Waals surface area contributed by atoms with Crippen LogP contribution in [0.4, 0.5) is 17.2 Å². The lowest BCUT2D eigenvalue weighted by Gasteiger charge is -2.15. The second-order valence-electron chi connectivity index (χ2n) is 6.89. The Morgan fingerprint density at radius 2 is 1.79 bits per heavy atom. The Balaban J connectivity index is 1.68. The predicted molar refractivity (Wildman–Crippen MR) is 128 cm³/mol. The summed E-state index contributed by atoms with van der Waals surface area (Å²) in [5.74, 6) is 2.47. The van der Waals surface area contributed by atoms with Gasteiger partial charge in [-0.15, -0.1) is 0 Å². The van der Waals surface area contributed by atoms with Crippen LogP contribution >= 0.6 is 15.9 Å². The first kappa shape index (κ1) is 23.0. The van der Waals surface area contributed by atoms with E-state index >= 15 is 0 Å². The van der Waals surface area contributed by atoms with Crippen LogP contribution in [0.25, 0.3) is 0 Å². The van der Waals surface area contributed by atoms with Crippen molar-refractivity contribution in [1.82, 2.24) is 9.97 Å². The highest BCUT2D eigenvalue weighted by Gasteiger charge is 2.22. The molecule has 1 N–H and O–H groups in total. The number of fused-ring (bicyclic) bond motifs is 2. The van der Waals surface area contributed by atoms with Crippen molar-refractivity contribution >= 4 is 39.3 Å². The molecule has 0 spiro atoms. The van der Waals surface area contributed by atoms with Gasteiger partial charge in [-0.2, -0.15) is 4.98 Å². The van der Waals surface area contributed by atoms with Crippen LogP contribution in [0.15, 0.2) is 52.2 Å². The highest BCUT2D eigenvalue weighted by atomic mass is 79.9. The number of hydrogen-bond donors (Lipinski definition) is 1. The van der Waals surface area contributed by atoms with Crippen molar-refractivity contribution in [2.45, 2.75) is 0 Å². The van der Waals surface area contributed by atoms with Gasteiger partial charge in [0.05, 0.1) is 18.8 Å².